The molecule has 6 heteroatoms. The molecule has 1 saturated heterocycles. The molecule has 0 radical (unpaired) electrons. The molecule has 1 heterocycles. The summed E-state index contributed by atoms with van der Waals surface area (Å²) in [6, 6.07) is 10.2. The second-order valence-corrected chi connectivity index (χ2v) is 7.14. The molecule has 0 bridgehead atoms. The Morgan fingerprint density at radius 3 is 2.31 bits per heavy atom. The molecule has 2 fully saturated rings. The third-order valence-electron chi connectivity index (χ3n) is 5.21. The SMILES string of the molecule is O=C(NCCCc1ccccc1)C1(C(=O)NCCN2CCOCC2)CC1. The van der Waals surface area contributed by atoms with Gasteiger partial charge in [-0.25, -0.2) is 0 Å². The fourth-order valence-corrected chi connectivity index (χ4v) is 3.31. The molecule has 1 aliphatic carbocycles. The number of benzene rings is 1. The van der Waals surface area contributed by atoms with Crippen molar-refractivity contribution in [3.05, 3.63) is 35.9 Å². The van der Waals surface area contributed by atoms with Gasteiger partial charge in [0.15, 0.2) is 0 Å². The van der Waals surface area contributed by atoms with Crippen LogP contribution in [-0.2, 0) is 20.7 Å². The third-order valence-corrected chi connectivity index (χ3v) is 5.21. The molecule has 0 unspecified atom stereocenters. The predicted octanol–water partition coefficient (Wildman–Crippen LogP) is 0.964. The highest BCUT2D eigenvalue weighted by molar-refractivity contribution is 6.07. The van der Waals surface area contributed by atoms with Crippen LogP contribution < -0.4 is 10.6 Å². The van der Waals surface area contributed by atoms with Gasteiger partial charge in [0.25, 0.3) is 0 Å². The van der Waals surface area contributed by atoms with Gasteiger partial charge in [-0.05, 0) is 31.2 Å². The topological polar surface area (TPSA) is 70.7 Å². The maximum Gasteiger partial charge on any atom is 0.235 e. The molecule has 0 aromatic heterocycles. The summed E-state index contributed by atoms with van der Waals surface area (Å²) < 4.78 is 5.32. The lowest BCUT2D eigenvalue weighted by Crippen LogP contribution is -2.46. The number of ether oxygens (including phenoxy) is 1. The van der Waals surface area contributed by atoms with Gasteiger partial charge in [-0.15, -0.1) is 0 Å². The summed E-state index contributed by atoms with van der Waals surface area (Å²) in [5.41, 5.74) is 0.446. The minimum absolute atomic E-state index is 0.116. The van der Waals surface area contributed by atoms with E-state index in [9.17, 15) is 9.59 Å². The lowest BCUT2D eigenvalue weighted by Gasteiger charge is -2.26. The molecule has 26 heavy (non-hydrogen) atoms. The molecule has 0 spiro atoms. The second kappa shape index (κ2) is 9.14. The number of hydrogen-bond acceptors (Lipinski definition) is 4. The Balaban J connectivity index is 1.34. The summed E-state index contributed by atoms with van der Waals surface area (Å²) in [5.74, 6) is -0.235. The summed E-state index contributed by atoms with van der Waals surface area (Å²) in [4.78, 5) is 27.2. The van der Waals surface area contributed by atoms with E-state index in [1.165, 1.54) is 5.56 Å². The summed E-state index contributed by atoms with van der Waals surface area (Å²) in [7, 11) is 0. The number of carbonyl (C=O) groups excluding carboxylic acids is 2. The van der Waals surface area contributed by atoms with Crippen molar-refractivity contribution in [3.63, 3.8) is 0 Å². The molecular formula is C20H29N3O3. The van der Waals surface area contributed by atoms with Crippen LogP contribution in [0.25, 0.3) is 0 Å². The normalized spacial score (nSPS) is 18.9. The van der Waals surface area contributed by atoms with Crippen LogP contribution in [0.3, 0.4) is 0 Å². The zero-order valence-electron chi connectivity index (χ0n) is 15.3. The predicted molar refractivity (Wildman–Crippen MR) is 99.7 cm³/mol. The number of carbonyl (C=O) groups is 2. The van der Waals surface area contributed by atoms with Crippen LogP contribution in [0.15, 0.2) is 30.3 Å². The van der Waals surface area contributed by atoms with Crippen molar-refractivity contribution in [3.8, 4) is 0 Å². The first-order valence-electron chi connectivity index (χ1n) is 9.61. The molecule has 1 saturated carbocycles. The molecule has 2 amide bonds. The minimum atomic E-state index is -0.822. The minimum Gasteiger partial charge on any atom is -0.379 e. The van der Waals surface area contributed by atoms with E-state index in [4.69, 9.17) is 4.74 Å². The zero-order valence-corrected chi connectivity index (χ0v) is 15.3. The molecule has 6 nitrogen and oxygen atoms in total. The molecule has 0 atom stereocenters. The highest BCUT2D eigenvalue weighted by Crippen LogP contribution is 2.46. The van der Waals surface area contributed by atoms with Crippen LogP contribution in [0, 0.1) is 5.41 Å². The highest BCUT2D eigenvalue weighted by atomic mass is 16.5. The lowest BCUT2D eigenvalue weighted by molar-refractivity contribution is -0.137. The van der Waals surface area contributed by atoms with Crippen LogP contribution in [0.2, 0.25) is 0 Å². The molecule has 142 valence electrons. The van der Waals surface area contributed by atoms with Crippen molar-refractivity contribution < 1.29 is 14.3 Å². The van der Waals surface area contributed by atoms with E-state index in [-0.39, 0.29) is 11.8 Å². The van der Waals surface area contributed by atoms with Gasteiger partial charge in [-0.1, -0.05) is 30.3 Å². The van der Waals surface area contributed by atoms with Gasteiger partial charge >= 0.3 is 0 Å². The number of aryl methyl sites for hydroxylation is 1. The van der Waals surface area contributed by atoms with Crippen molar-refractivity contribution in [1.82, 2.24) is 15.5 Å². The smallest absolute Gasteiger partial charge is 0.235 e. The Kier molecular flexibility index (Phi) is 6.63. The van der Waals surface area contributed by atoms with Crippen molar-refractivity contribution in [2.45, 2.75) is 25.7 Å². The Labute approximate surface area is 155 Å². The quantitative estimate of drug-likeness (QED) is 0.509. The molecule has 1 aliphatic heterocycles. The largest absolute Gasteiger partial charge is 0.379 e. The monoisotopic (exact) mass is 359 g/mol. The fraction of sp³-hybridized carbons (Fsp3) is 0.600. The maximum atomic E-state index is 12.4. The van der Waals surface area contributed by atoms with Gasteiger partial charge in [0, 0.05) is 32.7 Å². The second-order valence-electron chi connectivity index (χ2n) is 7.14. The molecule has 1 aromatic carbocycles. The zero-order chi connectivity index (χ0) is 18.2. The third kappa shape index (κ3) is 5.05. The first-order valence-corrected chi connectivity index (χ1v) is 9.61. The number of hydrogen-bond donors (Lipinski definition) is 2. The summed E-state index contributed by atoms with van der Waals surface area (Å²) in [5, 5.41) is 5.90. The van der Waals surface area contributed by atoms with E-state index in [1.807, 2.05) is 18.2 Å². The van der Waals surface area contributed by atoms with Crippen molar-refractivity contribution >= 4 is 11.8 Å². The number of nitrogens with one attached hydrogen (secondary N) is 2. The Bertz CT molecular complexity index is 596. The molecule has 2 N–H and O–H groups in total. The highest BCUT2D eigenvalue weighted by Gasteiger charge is 2.56. The fourth-order valence-electron chi connectivity index (χ4n) is 3.31. The van der Waals surface area contributed by atoms with Gasteiger partial charge < -0.3 is 15.4 Å². The first kappa shape index (κ1) is 18.9. The van der Waals surface area contributed by atoms with Crippen LogP contribution in [0.4, 0.5) is 0 Å². The van der Waals surface area contributed by atoms with Gasteiger partial charge in [-0.3, -0.25) is 14.5 Å². The molecule has 3 rings (SSSR count). The standard InChI is InChI=1S/C20H29N3O3/c24-18(21-10-4-7-17-5-2-1-3-6-17)20(8-9-20)19(25)22-11-12-23-13-15-26-16-14-23/h1-3,5-6H,4,7-16H2,(H,21,24)(H,22,25). The van der Waals surface area contributed by atoms with E-state index in [0.717, 1.165) is 45.7 Å². The van der Waals surface area contributed by atoms with Gasteiger partial charge in [-0.2, -0.15) is 0 Å². The van der Waals surface area contributed by atoms with E-state index in [2.05, 4.69) is 27.7 Å². The Morgan fingerprint density at radius 2 is 1.65 bits per heavy atom. The number of morpholine rings is 1. The van der Waals surface area contributed by atoms with E-state index in [1.54, 1.807) is 0 Å². The molecular weight excluding hydrogens is 330 g/mol. The van der Waals surface area contributed by atoms with E-state index < -0.39 is 5.41 Å². The number of nitrogens with zero attached hydrogens (tertiary/aromatic N) is 1. The number of rotatable bonds is 9. The van der Waals surface area contributed by atoms with Crippen molar-refractivity contribution in [1.29, 1.82) is 0 Å². The van der Waals surface area contributed by atoms with Crippen LogP contribution in [-0.4, -0.2) is 62.7 Å². The summed E-state index contributed by atoms with van der Waals surface area (Å²) in [6.45, 7) is 5.32. The summed E-state index contributed by atoms with van der Waals surface area (Å²) >= 11 is 0. The van der Waals surface area contributed by atoms with Gasteiger partial charge in [0.2, 0.25) is 11.8 Å². The van der Waals surface area contributed by atoms with Crippen LogP contribution in [0.1, 0.15) is 24.8 Å². The number of amides is 2. The Hall–Kier alpha value is -1.92. The lowest BCUT2D eigenvalue weighted by atomic mass is 10.0. The van der Waals surface area contributed by atoms with Crippen molar-refractivity contribution in [2.75, 3.05) is 45.9 Å². The average molecular weight is 359 g/mol. The van der Waals surface area contributed by atoms with Gasteiger partial charge in [0.1, 0.15) is 5.41 Å². The molecule has 1 aromatic rings. The Morgan fingerprint density at radius 1 is 1.00 bits per heavy atom. The van der Waals surface area contributed by atoms with Gasteiger partial charge in [0.05, 0.1) is 13.2 Å². The molecule has 2 aliphatic rings. The maximum absolute atomic E-state index is 12.4. The van der Waals surface area contributed by atoms with Crippen LogP contribution in [0.5, 0.6) is 0 Å². The average Bonchev–Trinajstić information content (AvgIpc) is 3.49. The first-order chi connectivity index (χ1) is 12.7. The summed E-state index contributed by atoms with van der Waals surface area (Å²) in [6.07, 6.45) is 3.12. The van der Waals surface area contributed by atoms with E-state index in [0.29, 0.717) is 25.9 Å². The van der Waals surface area contributed by atoms with Crippen molar-refractivity contribution in [2.24, 2.45) is 5.41 Å². The van der Waals surface area contributed by atoms with Crippen LogP contribution >= 0.6 is 0 Å². The van der Waals surface area contributed by atoms with E-state index >= 15 is 0 Å².